The summed E-state index contributed by atoms with van der Waals surface area (Å²) in [4.78, 5) is 24.8. The van der Waals surface area contributed by atoms with Crippen LogP contribution in [0, 0.1) is 5.92 Å². The fourth-order valence-corrected chi connectivity index (χ4v) is 4.69. The van der Waals surface area contributed by atoms with E-state index in [9.17, 15) is 14.7 Å². The number of aliphatic hydroxyl groups excluding tert-OH is 1. The molecule has 32 heavy (non-hydrogen) atoms. The molecule has 2 fully saturated rings. The van der Waals surface area contributed by atoms with Crippen molar-refractivity contribution in [3.63, 3.8) is 0 Å². The lowest BCUT2D eigenvalue weighted by molar-refractivity contribution is -0.137. The number of carbonyl (C=O) groups excluding carboxylic acids is 1. The number of rotatable bonds is 12. The van der Waals surface area contributed by atoms with Crippen LogP contribution < -0.4 is 0 Å². The summed E-state index contributed by atoms with van der Waals surface area (Å²) >= 11 is 0. The molecule has 1 amide bonds. The maximum Gasteiger partial charge on any atom is 0.303 e. The topological polar surface area (TPSA) is 87.1 Å². The Morgan fingerprint density at radius 2 is 1.94 bits per heavy atom. The van der Waals surface area contributed by atoms with Gasteiger partial charge in [-0.05, 0) is 55.6 Å². The van der Waals surface area contributed by atoms with Crippen LogP contribution in [0.15, 0.2) is 36.4 Å². The lowest BCUT2D eigenvalue weighted by Gasteiger charge is -2.23. The third kappa shape index (κ3) is 7.75. The van der Waals surface area contributed by atoms with Crippen molar-refractivity contribution in [2.24, 2.45) is 5.92 Å². The first-order valence-electron chi connectivity index (χ1n) is 12.1. The minimum absolute atomic E-state index is 0.0293. The molecule has 3 rings (SSSR count). The lowest BCUT2D eigenvalue weighted by atomic mass is 9.91. The maximum atomic E-state index is 12.3. The second kappa shape index (κ2) is 12.8. The summed E-state index contributed by atoms with van der Waals surface area (Å²) in [5, 5.41) is 19.4. The Bertz CT molecular complexity index is 771. The molecule has 2 aliphatic rings. The maximum absolute atomic E-state index is 12.3. The van der Waals surface area contributed by atoms with E-state index in [4.69, 9.17) is 9.84 Å². The number of aliphatic carboxylic acids is 1. The van der Waals surface area contributed by atoms with Gasteiger partial charge in [-0.25, -0.2) is 0 Å². The SMILES string of the molecule is O=C(O)CCCCCCN1C(=O)CC[C@@H]1/C=C/C(O)c1cccc(CC2CCOCC2)c1. The molecule has 6 nitrogen and oxygen atoms in total. The molecule has 6 heteroatoms. The number of benzene rings is 1. The molecular formula is C26H37NO5. The van der Waals surface area contributed by atoms with Gasteiger partial charge in [0.1, 0.15) is 0 Å². The molecule has 176 valence electrons. The first kappa shape index (κ1) is 24.5. The summed E-state index contributed by atoms with van der Waals surface area (Å²) in [6.07, 6.45) is 11.2. The predicted molar refractivity (Wildman–Crippen MR) is 123 cm³/mol. The van der Waals surface area contributed by atoms with Crippen LogP contribution in [0.3, 0.4) is 0 Å². The van der Waals surface area contributed by atoms with Gasteiger partial charge in [0.05, 0.1) is 12.1 Å². The number of nitrogens with zero attached hydrogens (tertiary/aromatic N) is 1. The average molecular weight is 444 g/mol. The van der Waals surface area contributed by atoms with E-state index in [2.05, 4.69) is 12.1 Å². The van der Waals surface area contributed by atoms with E-state index in [0.717, 1.165) is 63.7 Å². The Balaban J connectivity index is 1.48. The molecule has 2 N–H and O–H groups in total. The molecule has 0 spiro atoms. The quantitative estimate of drug-likeness (QED) is 0.372. The van der Waals surface area contributed by atoms with Gasteiger partial charge < -0.3 is 19.8 Å². The number of aliphatic hydroxyl groups is 1. The van der Waals surface area contributed by atoms with E-state index >= 15 is 0 Å². The molecule has 1 aromatic rings. The summed E-state index contributed by atoms with van der Waals surface area (Å²) in [6, 6.07) is 8.22. The number of carboxylic acid groups (broad SMARTS) is 1. The third-order valence-electron chi connectivity index (χ3n) is 6.59. The Labute approximate surface area is 191 Å². The van der Waals surface area contributed by atoms with Crippen molar-refractivity contribution in [1.29, 1.82) is 0 Å². The molecule has 0 aromatic heterocycles. The van der Waals surface area contributed by atoms with Crippen molar-refractivity contribution >= 4 is 11.9 Å². The molecular weight excluding hydrogens is 406 g/mol. The van der Waals surface area contributed by atoms with Crippen molar-refractivity contribution < 1.29 is 24.5 Å². The van der Waals surface area contributed by atoms with Gasteiger partial charge in [0.15, 0.2) is 0 Å². The van der Waals surface area contributed by atoms with Crippen LogP contribution in [-0.4, -0.2) is 52.8 Å². The number of hydrogen-bond donors (Lipinski definition) is 2. The highest BCUT2D eigenvalue weighted by Gasteiger charge is 2.28. The molecule has 2 atom stereocenters. The van der Waals surface area contributed by atoms with Crippen LogP contribution in [0.1, 0.15) is 75.0 Å². The van der Waals surface area contributed by atoms with Crippen molar-refractivity contribution in [3.05, 3.63) is 47.5 Å². The van der Waals surface area contributed by atoms with Crippen molar-refractivity contribution in [3.8, 4) is 0 Å². The lowest BCUT2D eigenvalue weighted by Crippen LogP contribution is -2.32. The van der Waals surface area contributed by atoms with E-state index in [1.165, 1.54) is 5.56 Å². The molecule has 1 aromatic carbocycles. The molecule has 0 bridgehead atoms. The number of carbonyl (C=O) groups is 2. The minimum Gasteiger partial charge on any atom is -0.481 e. The van der Waals surface area contributed by atoms with Crippen molar-refractivity contribution in [1.82, 2.24) is 4.90 Å². The predicted octanol–water partition coefficient (Wildman–Crippen LogP) is 4.27. The molecule has 0 radical (unpaired) electrons. The minimum atomic E-state index is -0.752. The zero-order chi connectivity index (χ0) is 22.8. The van der Waals surface area contributed by atoms with Crippen LogP contribution in [0.4, 0.5) is 0 Å². The molecule has 2 saturated heterocycles. The first-order chi connectivity index (χ1) is 15.5. The average Bonchev–Trinajstić information content (AvgIpc) is 3.14. The van der Waals surface area contributed by atoms with Gasteiger partial charge in [-0.3, -0.25) is 9.59 Å². The van der Waals surface area contributed by atoms with Gasteiger partial charge >= 0.3 is 5.97 Å². The Hall–Kier alpha value is -2.18. The Kier molecular flexibility index (Phi) is 9.75. The number of carboxylic acids is 1. The second-order valence-electron chi connectivity index (χ2n) is 9.09. The summed E-state index contributed by atoms with van der Waals surface area (Å²) in [5.74, 6) is 0.0598. The van der Waals surface area contributed by atoms with Crippen LogP contribution in [0.2, 0.25) is 0 Å². The van der Waals surface area contributed by atoms with Crippen LogP contribution in [0.25, 0.3) is 0 Å². The van der Waals surface area contributed by atoms with Crippen LogP contribution >= 0.6 is 0 Å². The van der Waals surface area contributed by atoms with E-state index in [1.54, 1.807) is 0 Å². The zero-order valence-electron chi connectivity index (χ0n) is 19.0. The van der Waals surface area contributed by atoms with Crippen molar-refractivity contribution in [2.45, 2.75) is 76.4 Å². The van der Waals surface area contributed by atoms with E-state index < -0.39 is 12.1 Å². The van der Waals surface area contributed by atoms with Gasteiger partial charge in [-0.2, -0.15) is 0 Å². The monoisotopic (exact) mass is 443 g/mol. The summed E-state index contributed by atoms with van der Waals surface area (Å²) in [5.41, 5.74) is 2.14. The highest BCUT2D eigenvalue weighted by molar-refractivity contribution is 5.79. The van der Waals surface area contributed by atoms with Crippen molar-refractivity contribution in [2.75, 3.05) is 19.8 Å². The number of likely N-dealkylation sites (tertiary alicyclic amines) is 1. The third-order valence-corrected chi connectivity index (χ3v) is 6.59. The highest BCUT2D eigenvalue weighted by Crippen LogP contribution is 2.25. The fourth-order valence-electron chi connectivity index (χ4n) is 4.69. The van der Waals surface area contributed by atoms with Crippen LogP contribution in [0.5, 0.6) is 0 Å². The fraction of sp³-hybridized carbons (Fsp3) is 0.615. The standard InChI is InChI=1S/C26H37NO5/c28-24(22-7-5-6-21(19-22)18-20-13-16-32-17-14-20)11-9-23-10-12-25(29)27(23)15-4-2-1-3-8-26(30)31/h5-7,9,11,19-20,23-24,28H,1-4,8,10,12-18H2,(H,30,31)/b11-9+/t23-,24?/m0/s1. The van der Waals surface area contributed by atoms with Gasteiger partial charge in [0.2, 0.25) is 5.91 Å². The molecule has 0 saturated carbocycles. The number of amides is 1. The molecule has 2 aliphatic heterocycles. The van der Waals surface area contributed by atoms with Crippen LogP contribution in [-0.2, 0) is 20.7 Å². The summed E-state index contributed by atoms with van der Waals surface area (Å²) < 4.78 is 5.45. The largest absolute Gasteiger partial charge is 0.481 e. The van der Waals surface area contributed by atoms with Gasteiger partial charge in [0.25, 0.3) is 0 Å². The zero-order valence-corrected chi connectivity index (χ0v) is 19.0. The van der Waals surface area contributed by atoms with Gasteiger partial charge in [-0.15, -0.1) is 0 Å². The highest BCUT2D eigenvalue weighted by atomic mass is 16.5. The normalized spacial score (nSPS) is 20.8. The van der Waals surface area contributed by atoms with E-state index in [1.807, 2.05) is 29.2 Å². The van der Waals surface area contributed by atoms with Gasteiger partial charge in [-0.1, -0.05) is 49.3 Å². The second-order valence-corrected chi connectivity index (χ2v) is 9.09. The molecule has 2 heterocycles. The van der Waals surface area contributed by atoms with Gasteiger partial charge in [0, 0.05) is 32.6 Å². The smallest absolute Gasteiger partial charge is 0.303 e. The molecule has 0 aliphatic carbocycles. The molecule has 1 unspecified atom stereocenters. The Morgan fingerprint density at radius 3 is 2.72 bits per heavy atom. The number of unbranched alkanes of at least 4 members (excludes halogenated alkanes) is 3. The Morgan fingerprint density at radius 1 is 1.16 bits per heavy atom. The summed E-state index contributed by atoms with van der Waals surface area (Å²) in [6.45, 7) is 2.38. The van der Waals surface area contributed by atoms with E-state index in [-0.39, 0.29) is 18.4 Å². The first-order valence-corrected chi connectivity index (χ1v) is 12.1. The number of hydrogen-bond acceptors (Lipinski definition) is 4. The number of ether oxygens (including phenoxy) is 1. The summed E-state index contributed by atoms with van der Waals surface area (Å²) in [7, 11) is 0. The van der Waals surface area contributed by atoms with E-state index in [0.29, 0.717) is 25.3 Å².